The van der Waals surface area contributed by atoms with Gasteiger partial charge >= 0.3 is 0 Å². The van der Waals surface area contributed by atoms with Gasteiger partial charge in [-0.05, 0) is 60.9 Å². The average molecular weight is 308 g/mol. The zero-order chi connectivity index (χ0) is 15.4. The van der Waals surface area contributed by atoms with Crippen molar-refractivity contribution in [2.45, 2.75) is 4.90 Å². The fourth-order valence-corrected chi connectivity index (χ4v) is 2.66. The summed E-state index contributed by atoms with van der Waals surface area (Å²) in [5.41, 5.74) is 2.49. The number of carbonyl (C=O) groups excluding carboxylic acids is 1. The molecule has 0 aliphatic carbocycles. The highest BCUT2D eigenvalue weighted by Crippen LogP contribution is 2.19. The first-order valence-electron chi connectivity index (χ1n) is 6.95. The molecule has 110 valence electrons. The van der Waals surface area contributed by atoms with E-state index < -0.39 is 0 Å². The molecule has 2 aromatic carbocycles. The molecule has 0 saturated carbocycles. The topological polar surface area (TPSA) is 34.0 Å². The SMILES string of the molecule is CSc1cccc(NC(=O)c2ccc(-n3cccc3)cc2)c1. The van der Waals surface area contributed by atoms with Gasteiger partial charge in [-0.2, -0.15) is 0 Å². The standard InChI is InChI=1S/C18H16N2OS/c1-22-17-6-4-5-15(13-17)19-18(21)14-7-9-16(10-8-14)20-11-2-3-12-20/h2-13H,1H3,(H,19,21). The second kappa shape index (κ2) is 6.54. The van der Waals surface area contributed by atoms with E-state index in [4.69, 9.17) is 0 Å². The summed E-state index contributed by atoms with van der Waals surface area (Å²) >= 11 is 1.65. The van der Waals surface area contributed by atoms with Crippen molar-refractivity contribution in [1.29, 1.82) is 0 Å². The van der Waals surface area contributed by atoms with Crippen LogP contribution in [0, 0.1) is 0 Å². The summed E-state index contributed by atoms with van der Waals surface area (Å²) in [4.78, 5) is 13.4. The summed E-state index contributed by atoms with van der Waals surface area (Å²) in [6, 6.07) is 19.3. The molecule has 0 fully saturated rings. The molecule has 1 amide bonds. The van der Waals surface area contributed by atoms with Gasteiger partial charge in [-0.15, -0.1) is 11.8 Å². The molecule has 0 aliphatic rings. The lowest BCUT2D eigenvalue weighted by Crippen LogP contribution is -2.11. The molecule has 3 nitrogen and oxygen atoms in total. The Hall–Kier alpha value is -2.46. The molecule has 1 aromatic heterocycles. The number of rotatable bonds is 4. The maximum Gasteiger partial charge on any atom is 0.255 e. The average Bonchev–Trinajstić information content (AvgIpc) is 3.09. The first-order chi connectivity index (χ1) is 10.8. The Morgan fingerprint density at radius 3 is 2.41 bits per heavy atom. The summed E-state index contributed by atoms with van der Waals surface area (Å²) in [5, 5.41) is 2.93. The molecule has 1 N–H and O–H groups in total. The number of nitrogens with zero attached hydrogens (tertiary/aromatic N) is 1. The van der Waals surface area contributed by atoms with Crippen LogP contribution in [0.25, 0.3) is 5.69 Å². The molecular formula is C18H16N2OS. The summed E-state index contributed by atoms with van der Waals surface area (Å²) in [6.07, 6.45) is 5.97. The van der Waals surface area contributed by atoms with Gasteiger partial charge in [0, 0.05) is 34.2 Å². The number of thioether (sulfide) groups is 1. The second-order valence-corrected chi connectivity index (χ2v) is 5.70. The minimum atomic E-state index is -0.0997. The van der Waals surface area contributed by atoms with Crippen LogP contribution in [0.4, 0.5) is 5.69 Å². The first-order valence-corrected chi connectivity index (χ1v) is 8.17. The number of amides is 1. The van der Waals surface area contributed by atoms with E-state index in [0.717, 1.165) is 16.3 Å². The predicted octanol–water partition coefficient (Wildman–Crippen LogP) is 4.45. The Kier molecular flexibility index (Phi) is 4.30. The van der Waals surface area contributed by atoms with E-state index in [1.54, 1.807) is 11.8 Å². The van der Waals surface area contributed by atoms with Crippen molar-refractivity contribution in [3.63, 3.8) is 0 Å². The van der Waals surface area contributed by atoms with Crippen LogP contribution in [-0.4, -0.2) is 16.7 Å². The molecule has 0 radical (unpaired) electrons. The highest BCUT2D eigenvalue weighted by molar-refractivity contribution is 7.98. The van der Waals surface area contributed by atoms with Crippen LogP contribution >= 0.6 is 11.8 Å². The van der Waals surface area contributed by atoms with Crippen molar-refractivity contribution in [3.05, 3.63) is 78.6 Å². The molecular weight excluding hydrogens is 292 g/mol. The van der Waals surface area contributed by atoms with Crippen LogP contribution in [-0.2, 0) is 0 Å². The van der Waals surface area contributed by atoms with Crippen LogP contribution in [0.2, 0.25) is 0 Å². The van der Waals surface area contributed by atoms with Crippen LogP contribution in [0.5, 0.6) is 0 Å². The highest BCUT2D eigenvalue weighted by Gasteiger charge is 2.06. The monoisotopic (exact) mass is 308 g/mol. The van der Waals surface area contributed by atoms with E-state index in [1.165, 1.54) is 0 Å². The van der Waals surface area contributed by atoms with Gasteiger partial charge in [0.2, 0.25) is 0 Å². The molecule has 0 atom stereocenters. The summed E-state index contributed by atoms with van der Waals surface area (Å²) in [7, 11) is 0. The van der Waals surface area contributed by atoms with Crippen molar-refractivity contribution in [2.24, 2.45) is 0 Å². The third kappa shape index (κ3) is 3.23. The summed E-state index contributed by atoms with van der Waals surface area (Å²) in [5.74, 6) is -0.0997. The maximum absolute atomic E-state index is 12.3. The fourth-order valence-electron chi connectivity index (χ4n) is 2.20. The Morgan fingerprint density at radius 2 is 1.73 bits per heavy atom. The zero-order valence-corrected chi connectivity index (χ0v) is 13.0. The number of nitrogens with one attached hydrogen (secondary N) is 1. The Bertz CT molecular complexity index is 764. The quantitative estimate of drug-likeness (QED) is 0.722. The van der Waals surface area contributed by atoms with Gasteiger partial charge in [-0.3, -0.25) is 4.79 Å². The van der Waals surface area contributed by atoms with Gasteiger partial charge in [0.15, 0.2) is 0 Å². The van der Waals surface area contributed by atoms with Crippen LogP contribution in [0.3, 0.4) is 0 Å². The van der Waals surface area contributed by atoms with Gasteiger partial charge in [0.1, 0.15) is 0 Å². The van der Waals surface area contributed by atoms with Crippen molar-refractivity contribution >= 4 is 23.4 Å². The summed E-state index contributed by atoms with van der Waals surface area (Å²) < 4.78 is 2.00. The minimum Gasteiger partial charge on any atom is -0.324 e. The molecule has 0 saturated heterocycles. The molecule has 4 heteroatoms. The van der Waals surface area contributed by atoms with Gasteiger partial charge in [-0.1, -0.05) is 6.07 Å². The number of carbonyl (C=O) groups is 1. The Balaban J connectivity index is 1.74. The van der Waals surface area contributed by atoms with Crippen molar-refractivity contribution < 1.29 is 4.79 Å². The number of aromatic nitrogens is 1. The fraction of sp³-hybridized carbons (Fsp3) is 0.0556. The zero-order valence-electron chi connectivity index (χ0n) is 12.2. The van der Waals surface area contributed by atoms with E-state index >= 15 is 0 Å². The van der Waals surface area contributed by atoms with E-state index in [1.807, 2.05) is 83.9 Å². The first kappa shape index (κ1) is 14.5. The molecule has 0 aliphatic heterocycles. The Morgan fingerprint density at radius 1 is 1.00 bits per heavy atom. The third-order valence-electron chi connectivity index (χ3n) is 3.36. The molecule has 3 aromatic rings. The third-order valence-corrected chi connectivity index (χ3v) is 4.09. The molecule has 1 heterocycles. The summed E-state index contributed by atoms with van der Waals surface area (Å²) in [6.45, 7) is 0. The van der Waals surface area contributed by atoms with Crippen molar-refractivity contribution in [1.82, 2.24) is 4.57 Å². The second-order valence-electron chi connectivity index (χ2n) is 4.82. The number of hydrogen-bond donors (Lipinski definition) is 1. The van der Waals surface area contributed by atoms with Crippen LogP contribution < -0.4 is 5.32 Å². The number of anilines is 1. The largest absolute Gasteiger partial charge is 0.324 e. The van der Waals surface area contributed by atoms with Crippen molar-refractivity contribution in [3.8, 4) is 5.69 Å². The maximum atomic E-state index is 12.3. The predicted molar refractivity (Wildman–Crippen MR) is 91.9 cm³/mol. The molecule has 22 heavy (non-hydrogen) atoms. The molecule has 3 rings (SSSR count). The lowest BCUT2D eigenvalue weighted by Gasteiger charge is -2.08. The number of benzene rings is 2. The van der Waals surface area contributed by atoms with Gasteiger partial charge in [0.25, 0.3) is 5.91 Å². The van der Waals surface area contributed by atoms with Gasteiger partial charge < -0.3 is 9.88 Å². The highest BCUT2D eigenvalue weighted by atomic mass is 32.2. The lowest BCUT2D eigenvalue weighted by molar-refractivity contribution is 0.102. The van der Waals surface area contributed by atoms with Crippen LogP contribution in [0.1, 0.15) is 10.4 Å². The minimum absolute atomic E-state index is 0.0997. The lowest BCUT2D eigenvalue weighted by atomic mass is 10.2. The Labute approximate surface area is 134 Å². The van der Waals surface area contributed by atoms with E-state index in [2.05, 4.69) is 5.32 Å². The van der Waals surface area contributed by atoms with Gasteiger partial charge in [-0.25, -0.2) is 0 Å². The normalized spacial score (nSPS) is 10.4. The van der Waals surface area contributed by atoms with Gasteiger partial charge in [0.05, 0.1) is 0 Å². The molecule has 0 unspecified atom stereocenters. The van der Waals surface area contributed by atoms with Crippen LogP contribution in [0.15, 0.2) is 78.0 Å². The molecule has 0 spiro atoms. The number of hydrogen-bond acceptors (Lipinski definition) is 2. The van der Waals surface area contributed by atoms with E-state index in [0.29, 0.717) is 5.56 Å². The smallest absolute Gasteiger partial charge is 0.255 e. The molecule has 0 bridgehead atoms. The van der Waals surface area contributed by atoms with Crippen molar-refractivity contribution in [2.75, 3.05) is 11.6 Å². The van der Waals surface area contributed by atoms with E-state index in [9.17, 15) is 4.79 Å². The van der Waals surface area contributed by atoms with E-state index in [-0.39, 0.29) is 5.91 Å².